The van der Waals surface area contributed by atoms with Crippen LogP contribution in [0.15, 0.2) is 12.3 Å². The molecule has 134 valence electrons. The Bertz CT molecular complexity index is 521. The highest BCUT2D eigenvalue weighted by Gasteiger charge is 2.18. The lowest BCUT2D eigenvalue weighted by molar-refractivity contribution is 0.0317. The number of morpholine rings is 1. The van der Waals surface area contributed by atoms with E-state index >= 15 is 0 Å². The van der Waals surface area contributed by atoms with Crippen molar-refractivity contribution in [2.45, 2.75) is 25.8 Å². The maximum atomic E-state index is 12.3. The van der Waals surface area contributed by atoms with Crippen molar-refractivity contribution in [3.63, 3.8) is 0 Å². The molecule has 2 aliphatic rings. The second kappa shape index (κ2) is 8.60. The lowest BCUT2D eigenvalue weighted by atomic mass is 10.1. The minimum absolute atomic E-state index is 0.0775. The van der Waals surface area contributed by atoms with E-state index in [1.807, 2.05) is 16.9 Å². The fourth-order valence-electron chi connectivity index (χ4n) is 3.37. The molecular formula is C17H29N5O2. The zero-order chi connectivity index (χ0) is 16.8. The van der Waals surface area contributed by atoms with E-state index in [9.17, 15) is 4.79 Å². The fourth-order valence-corrected chi connectivity index (χ4v) is 3.37. The number of carbonyl (C=O) groups is 1. The molecule has 0 bridgehead atoms. The molecule has 3 rings (SSSR count). The molecule has 1 aromatic rings. The summed E-state index contributed by atoms with van der Waals surface area (Å²) < 4.78 is 7.29. The van der Waals surface area contributed by atoms with Crippen molar-refractivity contribution in [1.82, 2.24) is 25.3 Å². The number of nitrogens with one attached hydrogen (secondary N) is 2. The number of hydrogen-bond acceptors (Lipinski definition) is 5. The Morgan fingerprint density at radius 1 is 1.50 bits per heavy atom. The molecule has 3 heterocycles. The van der Waals surface area contributed by atoms with Gasteiger partial charge in [-0.25, -0.2) is 0 Å². The smallest absolute Gasteiger partial charge is 0.271 e. The van der Waals surface area contributed by atoms with Crippen molar-refractivity contribution in [3.8, 4) is 0 Å². The summed E-state index contributed by atoms with van der Waals surface area (Å²) in [5.74, 6) is 0.336. The molecular weight excluding hydrogens is 306 g/mol. The molecule has 2 aliphatic heterocycles. The molecule has 7 heteroatoms. The van der Waals surface area contributed by atoms with Gasteiger partial charge in [0, 0.05) is 38.9 Å². The third kappa shape index (κ3) is 4.78. The van der Waals surface area contributed by atoms with Gasteiger partial charge < -0.3 is 15.4 Å². The SMILES string of the molecule is CC(CNC(=O)c1ccn(C2CCCNC2)n1)CN1CCOCC1. The summed E-state index contributed by atoms with van der Waals surface area (Å²) in [6, 6.07) is 2.18. The standard InChI is InChI=1S/C17H29N5O2/c1-14(13-21-7-9-24-10-8-21)11-19-17(23)16-4-6-22(20-16)15-3-2-5-18-12-15/h4,6,14-15,18H,2-3,5,7-13H2,1H3,(H,19,23). The second-order valence-corrected chi connectivity index (χ2v) is 6.91. The van der Waals surface area contributed by atoms with Crippen LogP contribution in [0.25, 0.3) is 0 Å². The summed E-state index contributed by atoms with van der Waals surface area (Å²) >= 11 is 0. The van der Waals surface area contributed by atoms with Gasteiger partial charge in [0.2, 0.25) is 0 Å². The molecule has 2 fully saturated rings. The third-order valence-electron chi connectivity index (χ3n) is 4.77. The van der Waals surface area contributed by atoms with Crippen LogP contribution in [-0.4, -0.2) is 73.1 Å². The number of carbonyl (C=O) groups excluding carboxylic acids is 1. The van der Waals surface area contributed by atoms with Gasteiger partial charge in [-0.05, 0) is 31.4 Å². The van der Waals surface area contributed by atoms with Crippen LogP contribution in [0.3, 0.4) is 0 Å². The summed E-state index contributed by atoms with van der Waals surface area (Å²) in [7, 11) is 0. The molecule has 1 aromatic heterocycles. The highest BCUT2D eigenvalue weighted by Crippen LogP contribution is 2.15. The zero-order valence-electron chi connectivity index (χ0n) is 14.5. The van der Waals surface area contributed by atoms with E-state index in [0.717, 1.165) is 58.8 Å². The van der Waals surface area contributed by atoms with Gasteiger partial charge >= 0.3 is 0 Å². The van der Waals surface area contributed by atoms with E-state index in [0.29, 0.717) is 24.2 Å². The van der Waals surface area contributed by atoms with Gasteiger partial charge in [-0.1, -0.05) is 6.92 Å². The molecule has 24 heavy (non-hydrogen) atoms. The van der Waals surface area contributed by atoms with Gasteiger partial charge in [0.15, 0.2) is 0 Å². The summed E-state index contributed by atoms with van der Waals surface area (Å²) in [4.78, 5) is 14.7. The number of hydrogen-bond donors (Lipinski definition) is 2. The maximum absolute atomic E-state index is 12.3. The van der Waals surface area contributed by atoms with Crippen LogP contribution in [0, 0.1) is 5.92 Å². The van der Waals surface area contributed by atoms with Gasteiger partial charge in [0.25, 0.3) is 5.91 Å². The molecule has 0 aliphatic carbocycles. The first-order chi connectivity index (χ1) is 11.7. The van der Waals surface area contributed by atoms with E-state index in [1.165, 1.54) is 0 Å². The minimum atomic E-state index is -0.0775. The van der Waals surface area contributed by atoms with Crippen LogP contribution in [0.1, 0.15) is 36.3 Å². The zero-order valence-corrected chi connectivity index (χ0v) is 14.5. The second-order valence-electron chi connectivity index (χ2n) is 6.91. The van der Waals surface area contributed by atoms with Crippen molar-refractivity contribution in [3.05, 3.63) is 18.0 Å². The molecule has 1 amide bonds. The minimum Gasteiger partial charge on any atom is -0.379 e. The summed E-state index contributed by atoms with van der Waals surface area (Å²) in [5.41, 5.74) is 0.513. The van der Waals surface area contributed by atoms with Crippen LogP contribution in [0.4, 0.5) is 0 Å². The molecule has 2 atom stereocenters. The Balaban J connectivity index is 1.43. The van der Waals surface area contributed by atoms with Crippen LogP contribution in [0.5, 0.6) is 0 Å². The van der Waals surface area contributed by atoms with Gasteiger partial charge in [-0.15, -0.1) is 0 Å². The van der Waals surface area contributed by atoms with Crippen LogP contribution in [0.2, 0.25) is 0 Å². The van der Waals surface area contributed by atoms with E-state index in [1.54, 1.807) is 0 Å². The number of piperidine rings is 1. The predicted molar refractivity (Wildman–Crippen MR) is 92.1 cm³/mol. The monoisotopic (exact) mass is 335 g/mol. The number of aromatic nitrogens is 2. The Morgan fingerprint density at radius 3 is 3.08 bits per heavy atom. The molecule has 2 saturated heterocycles. The van der Waals surface area contributed by atoms with Crippen molar-refractivity contribution < 1.29 is 9.53 Å². The van der Waals surface area contributed by atoms with Crippen LogP contribution in [-0.2, 0) is 4.74 Å². The van der Waals surface area contributed by atoms with Gasteiger partial charge in [-0.2, -0.15) is 5.10 Å². The van der Waals surface area contributed by atoms with E-state index in [-0.39, 0.29) is 5.91 Å². The topological polar surface area (TPSA) is 71.4 Å². The van der Waals surface area contributed by atoms with Gasteiger partial charge in [0.05, 0.1) is 19.3 Å². The van der Waals surface area contributed by atoms with Gasteiger partial charge in [-0.3, -0.25) is 14.4 Å². The first-order valence-electron chi connectivity index (χ1n) is 9.06. The molecule has 7 nitrogen and oxygen atoms in total. The quantitative estimate of drug-likeness (QED) is 0.792. The van der Waals surface area contributed by atoms with E-state index in [4.69, 9.17) is 4.74 Å². The molecule has 0 radical (unpaired) electrons. The van der Waals surface area contributed by atoms with Crippen molar-refractivity contribution in [1.29, 1.82) is 0 Å². The summed E-state index contributed by atoms with van der Waals surface area (Å²) in [6.45, 7) is 9.43. The molecule has 0 spiro atoms. The first kappa shape index (κ1) is 17.4. The molecule has 0 saturated carbocycles. The Hall–Kier alpha value is -1.44. The summed E-state index contributed by atoms with van der Waals surface area (Å²) in [5, 5.41) is 10.9. The lowest BCUT2D eigenvalue weighted by Gasteiger charge is -2.29. The highest BCUT2D eigenvalue weighted by atomic mass is 16.5. The number of amides is 1. The Morgan fingerprint density at radius 2 is 2.33 bits per heavy atom. The molecule has 2 unspecified atom stereocenters. The molecule has 0 aromatic carbocycles. The fraction of sp³-hybridized carbons (Fsp3) is 0.765. The Labute approximate surface area is 143 Å². The summed E-state index contributed by atoms with van der Waals surface area (Å²) in [6.07, 6.45) is 4.20. The normalized spacial score (nSPS) is 23.8. The van der Waals surface area contributed by atoms with Crippen molar-refractivity contribution in [2.75, 3.05) is 52.5 Å². The average Bonchev–Trinajstić information content (AvgIpc) is 3.11. The predicted octanol–water partition coefficient (Wildman–Crippen LogP) is 0.506. The number of nitrogens with zero attached hydrogens (tertiary/aromatic N) is 3. The Kier molecular flexibility index (Phi) is 6.23. The number of ether oxygens (including phenoxy) is 1. The number of rotatable bonds is 6. The van der Waals surface area contributed by atoms with Crippen molar-refractivity contribution >= 4 is 5.91 Å². The lowest BCUT2D eigenvalue weighted by Crippen LogP contribution is -2.41. The van der Waals surface area contributed by atoms with Crippen LogP contribution >= 0.6 is 0 Å². The first-order valence-corrected chi connectivity index (χ1v) is 9.06. The maximum Gasteiger partial charge on any atom is 0.271 e. The van der Waals surface area contributed by atoms with E-state index in [2.05, 4.69) is 27.6 Å². The van der Waals surface area contributed by atoms with Gasteiger partial charge in [0.1, 0.15) is 5.69 Å². The highest BCUT2D eigenvalue weighted by molar-refractivity contribution is 5.92. The van der Waals surface area contributed by atoms with Crippen molar-refractivity contribution in [2.24, 2.45) is 5.92 Å². The van der Waals surface area contributed by atoms with Crippen LogP contribution < -0.4 is 10.6 Å². The average molecular weight is 335 g/mol. The third-order valence-corrected chi connectivity index (χ3v) is 4.77. The van der Waals surface area contributed by atoms with E-state index < -0.39 is 0 Å². The molecule has 2 N–H and O–H groups in total. The largest absolute Gasteiger partial charge is 0.379 e.